The zero-order valence-electron chi connectivity index (χ0n) is 12.2. The second kappa shape index (κ2) is 5.60. The topological polar surface area (TPSA) is 92.5 Å². The van der Waals surface area contributed by atoms with Gasteiger partial charge in [0.1, 0.15) is 0 Å². The average molecular weight is 325 g/mol. The summed E-state index contributed by atoms with van der Waals surface area (Å²) in [4.78, 5) is 10.3. The smallest absolute Gasteiger partial charge is 0.269 e. The first-order valence-electron chi connectivity index (χ1n) is 7.38. The molecule has 1 spiro atoms. The van der Waals surface area contributed by atoms with Crippen molar-refractivity contribution in [3.63, 3.8) is 0 Å². The average Bonchev–Trinajstić information content (AvgIpc) is 2.95. The van der Waals surface area contributed by atoms with E-state index in [0.29, 0.717) is 13.1 Å². The van der Waals surface area contributed by atoms with Gasteiger partial charge in [0, 0.05) is 31.8 Å². The lowest BCUT2D eigenvalue weighted by molar-refractivity contribution is -0.384. The fourth-order valence-corrected chi connectivity index (χ4v) is 4.99. The lowest BCUT2D eigenvalue weighted by atomic mass is 9.80. The molecule has 1 N–H and O–H groups in total. The summed E-state index contributed by atoms with van der Waals surface area (Å²) in [5.74, 6) is 0. The summed E-state index contributed by atoms with van der Waals surface area (Å²) >= 11 is 0. The number of nitrogens with one attached hydrogen (secondary N) is 1. The van der Waals surface area contributed by atoms with Gasteiger partial charge >= 0.3 is 0 Å². The monoisotopic (exact) mass is 325 g/mol. The Bertz CT molecular complexity index is 666. The van der Waals surface area contributed by atoms with E-state index in [-0.39, 0.29) is 16.0 Å². The fourth-order valence-electron chi connectivity index (χ4n) is 3.40. The summed E-state index contributed by atoms with van der Waals surface area (Å²) in [6, 6.07) is 5.12. The van der Waals surface area contributed by atoms with E-state index < -0.39 is 14.9 Å². The molecule has 3 rings (SSSR count). The standard InChI is InChI=1S/C14H19N3O4S/c18-17(19)12-2-4-13(5-3-12)22(20,21)16-9-1-6-14(11-16)7-8-15-10-14/h2-5,15H,1,6-11H2. The lowest BCUT2D eigenvalue weighted by Crippen LogP contribution is -2.46. The van der Waals surface area contributed by atoms with Gasteiger partial charge in [-0.1, -0.05) is 0 Å². The third kappa shape index (κ3) is 2.73. The maximum Gasteiger partial charge on any atom is 0.269 e. The van der Waals surface area contributed by atoms with Crippen molar-refractivity contribution >= 4 is 15.7 Å². The van der Waals surface area contributed by atoms with Crippen molar-refractivity contribution in [3.8, 4) is 0 Å². The molecule has 1 atom stereocenters. The Morgan fingerprint density at radius 1 is 1.23 bits per heavy atom. The van der Waals surface area contributed by atoms with E-state index >= 15 is 0 Å². The van der Waals surface area contributed by atoms with Gasteiger partial charge < -0.3 is 5.32 Å². The second-order valence-corrected chi connectivity index (χ2v) is 8.06. The predicted molar refractivity (Wildman–Crippen MR) is 81.0 cm³/mol. The van der Waals surface area contributed by atoms with E-state index in [1.807, 2.05) is 0 Å². The van der Waals surface area contributed by atoms with E-state index in [1.54, 1.807) is 0 Å². The van der Waals surface area contributed by atoms with Gasteiger partial charge in [-0.25, -0.2) is 8.42 Å². The first-order chi connectivity index (χ1) is 10.4. The molecule has 2 fully saturated rings. The van der Waals surface area contributed by atoms with Crippen molar-refractivity contribution in [3.05, 3.63) is 34.4 Å². The SMILES string of the molecule is O=[N+]([O-])c1ccc(S(=O)(=O)N2CCCC3(CCNC3)C2)cc1. The first kappa shape index (κ1) is 15.4. The van der Waals surface area contributed by atoms with E-state index in [0.717, 1.165) is 32.4 Å². The molecule has 8 heteroatoms. The Morgan fingerprint density at radius 3 is 2.55 bits per heavy atom. The number of sulfonamides is 1. The maximum atomic E-state index is 12.7. The Hall–Kier alpha value is -1.51. The van der Waals surface area contributed by atoms with Crippen LogP contribution in [0.2, 0.25) is 0 Å². The molecule has 1 unspecified atom stereocenters. The largest absolute Gasteiger partial charge is 0.316 e. The first-order valence-corrected chi connectivity index (χ1v) is 8.82. The maximum absolute atomic E-state index is 12.7. The fraction of sp³-hybridized carbons (Fsp3) is 0.571. The highest BCUT2D eigenvalue weighted by atomic mass is 32.2. The minimum absolute atomic E-state index is 0.0477. The molecule has 120 valence electrons. The molecule has 0 bridgehead atoms. The van der Waals surface area contributed by atoms with Crippen LogP contribution in [0, 0.1) is 15.5 Å². The van der Waals surface area contributed by atoms with Crippen LogP contribution in [0.1, 0.15) is 19.3 Å². The molecule has 0 saturated carbocycles. The van der Waals surface area contributed by atoms with Gasteiger partial charge in [-0.2, -0.15) is 4.31 Å². The molecular formula is C14H19N3O4S. The number of piperidine rings is 1. The molecule has 0 aliphatic carbocycles. The van der Waals surface area contributed by atoms with Gasteiger partial charge in [0.25, 0.3) is 5.69 Å². The van der Waals surface area contributed by atoms with Crippen molar-refractivity contribution in [2.45, 2.75) is 24.2 Å². The summed E-state index contributed by atoms with van der Waals surface area (Å²) in [7, 11) is -3.58. The normalized spacial score (nSPS) is 26.4. The minimum atomic E-state index is -3.58. The molecule has 7 nitrogen and oxygen atoms in total. The third-order valence-corrected chi connectivity index (χ3v) is 6.50. The van der Waals surface area contributed by atoms with Crippen LogP contribution < -0.4 is 5.32 Å². The van der Waals surface area contributed by atoms with Gasteiger partial charge in [0.15, 0.2) is 0 Å². The molecule has 0 aromatic heterocycles. The summed E-state index contributed by atoms with van der Waals surface area (Å²) < 4.78 is 27.0. The van der Waals surface area contributed by atoms with Crippen LogP contribution in [0.5, 0.6) is 0 Å². The number of nitrogens with zero attached hydrogens (tertiary/aromatic N) is 2. The highest BCUT2D eigenvalue weighted by Gasteiger charge is 2.41. The van der Waals surface area contributed by atoms with Gasteiger partial charge in [-0.15, -0.1) is 0 Å². The predicted octanol–water partition coefficient (Wildman–Crippen LogP) is 1.36. The van der Waals surface area contributed by atoms with Gasteiger partial charge in [-0.05, 0) is 43.4 Å². The molecule has 2 saturated heterocycles. The molecule has 1 aromatic carbocycles. The summed E-state index contributed by atoms with van der Waals surface area (Å²) in [6.07, 6.45) is 2.90. The molecule has 2 aliphatic heterocycles. The molecule has 1 aromatic rings. The number of hydrogen-bond acceptors (Lipinski definition) is 5. The summed E-state index contributed by atoms with van der Waals surface area (Å²) in [5, 5.41) is 14.0. The van der Waals surface area contributed by atoms with Crippen LogP contribution in [0.4, 0.5) is 5.69 Å². The zero-order valence-corrected chi connectivity index (χ0v) is 13.0. The number of non-ortho nitro benzene ring substituents is 1. The van der Waals surface area contributed by atoms with Crippen LogP contribution in [-0.2, 0) is 10.0 Å². The molecule has 0 amide bonds. The van der Waals surface area contributed by atoms with Gasteiger partial charge in [-0.3, -0.25) is 10.1 Å². The Labute approximate surface area is 129 Å². The number of hydrogen-bond donors (Lipinski definition) is 1. The van der Waals surface area contributed by atoms with Crippen molar-refractivity contribution in [2.24, 2.45) is 5.41 Å². The molecular weight excluding hydrogens is 306 g/mol. The second-order valence-electron chi connectivity index (χ2n) is 6.12. The van der Waals surface area contributed by atoms with E-state index in [2.05, 4.69) is 5.32 Å². The third-order valence-electron chi connectivity index (χ3n) is 4.64. The molecule has 2 heterocycles. The quantitative estimate of drug-likeness (QED) is 0.669. The summed E-state index contributed by atoms with van der Waals surface area (Å²) in [5.41, 5.74) is -0.0550. The highest BCUT2D eigenvalue weighted by Crippen LogP contribution is 2.37. The van der Waals surface area contributed by atoms with Crippen molar-refractivity contribution < 1.29 is 13.3 Å². The van der Waals surface area contributed by atoms with Crippen LogP contribution in [0.3, 0.4) is 0 Å². The van der Waals surface area contributed by atoms with Crippen molar-refractivity contribution in [1.82, 2.24) is 9.62 Å². The van der Waals surface area contributed by atoms with Crippen molar-refractivity contribution in [1.29, 1.82) is 0 Å². The zero-order chi connectivity index (χ0) is 15.8. The van der Waals surface area contributed by atoms with Crippen LogP contribution in [0.25, 0.3) is 0 Å². The number of rotatable bonds is 3. The highest BCUT2D eigenvalue weighted by molar-refractivity contribution is 7.89. The molecule has 0 radical (unpaired) electrons. The number of nitro benzene ring substituents is 1. The number of nitro groups is 1. The lowest BCUT2D eigenvalue weighted by Gasteiger charge is -2.39. The van der Waals surface area contributed by atoms with Gasteiger partial charge in [0.2, 0.25) is 10.0 Å². The Kier molecular flexibility index (Phi) is 3.92. The van der Waals surface area contributed by atoms with Crippen LogP contribution in [0.15, 0.2) is 29.2 Å². The minimum Gasteiger partial charge on any atom is -0.316 e. The number of benzene rings is 1. The molecule has 2 aliphatic rings. The van der Waals surface area contributed by atoms with E-state index in [1.165, 1.54) is 28.6 Å². The van der Waals surface area contributed by atoms with E-state index in [4.69, 9.17) is 0 Å². The Balaban J connectivity index is 1.84. The van der Waals surface area contributed by atoms with Crippen LogP contribution >= 0.6 is 0 Å². The van der Waals surface area contributed by atoms with Gasteiger partial charge in [0.05, 0.1) is 9.82 Å². The molecule has 22 heavy (non-hydrogen) atoms. The van der Waals surface area contributed by atoms with E-state index in [9.17, 15) is 18.5 Å². The summed E-state index contributed by atoms with van der Waals surface area (Å²) in [6.45, 7) is 2.84. The van der Waals surface area contributed by atoms with Crippen LogP contribution in [-0.4, -0.2) is 43.8 Å². The van der Waals surface area contributed by atoms with Crippen molar-refractivity contribution in [2.75, 3.05) is 26.2 Å². The Morgan fingerprint density at radius 2 is 1.95 bits per heavy atom.